The number of aliphatic hydroxyl groups is 1. The lowest BCUT2D eigenvalue weighted by molar-refractivity contribution is -0.138. The van der Waals surface area contributed by atoms with Gasteiger partial charge in [-0.15, -0.1) is 0 Å². The quantitative estimate of drug-likeness (QED) is 0.585. The Morgan fingerprint density at radius 1 is 0.947 bits per heavy atom. The second-order valence-electron chi connectivity index (χ2n) is 5.93. The van der Waals surface area contributed by atoms with E-state index in [0.29, 0.717) is 18.4 Å². The monoisotopic (exact) mass is 263 g/mol. The zero-order valence-electron chi connectivity index (χ0n) is 11.2. The Kier molecular flexibility index (Phi) is 3.44. The topological polar surface area (TPSA) is 57.6 Å². The SMILES string of the molecule is O=C1C2=C(C(=O)N1CCCCCCO)C1CCC2C1. The Labute approximate surface area is 113 Å². The number of hydrogen-bond acceptors (Lipinski definition) is 3. The van der Waals surface area contributed by atoms with E-state index in [0.717, 1.165) is 56.1 Å². The van der Waals surface area contributed by atoms with Crippen LogP contribution < -0.4 is 0 Å². The lowest BCUT2D eigenvalue weighted by Crippen LogP contribution is -2.34. The van der Waals surface area contributed by atoms with E-state index in [9.17, 15) is 9.59 Å². The summed E-state index contributed by atoms with van der Waals surface area (Å²) >= 11 is 0. The number of carbonyl (C=O) groups is 2. The molecule has 104 valence electrons. The van der Waals surface area contributed by atoms with E-state index >= 15 is 0 Å². The van der Waals surface area contributed by atoms with Crippen molar-refractivity contribution in [3.05, 3.63) is 11.1 Å². The smallest absolute Gasteiger partial charge is 0.257 e. The first-order valence-corrected chi connectivity index (χ1v) is 7.45. The van der Waals surface area contributed by atoms with Crippen LogP contribution in [0.25, 0.3) is 0 Å². The normalized spacial score (nSPS) is 28.8. The van der Waals surface area contributed by atoms with Gasteiger partial charge in [-0.3, -0.25) is 14.5 Å². The average molecular weight is 263 g/mol. The third kappa shape index (κ3) is 2.02. The van der Waals surface area contributed by atoms with Crippen LogP contribution in [0, 0.1) is 11.8 Å². The molecule has 1 aliphatic heterocycles. The summed E-state index contributed by atoms with van der Waals surface area (Å²) in [6, 6.07) is 0. The van der Waals surface area contributed by atoms with E-state index in [-0.39, 0.29) is 18.4 Å². The summed E-state index contributed by atoms with van der Waals surface area (Å²) < 4.78 is 0. The second kappa shape index (κ2) is 5.08. The third-order valence-corrected chi connectivity index (χ3v) is 4.78. The fraction of sp³-hybridized carbons (Fsp3) is 0.733. The fourth-order valence-corrected chi connectivity index (χ4v) is 3.85. The highest BCUT2D eigenvalue weighted by molar-refractivity contribution is 6.20. The van der Waals surface area contributed by atoms with Gasteiger partial charge in [0.05, 0.1) is 0 Å². The molecule has 0 saturated heterocycles. The first kappa shape index (κ1) is 12.9. The van der Waals surface area contributed by atoms with E-state index in [1.165, 1.54) is 4.90 Å². The van der Waals surface area contributed by atoms with Crippen LogP contribution in [-0.2, 0) is 9.59 Å². The zero-order chi connectivity index (χ0) is 13.4. The highest BCUT2D eigenvalue weighted by Crippen LogP contribution is 2.52. The molecule has 3 rings (SSSR count). The maximum atomic E-state index is 12.3. The minimum absolute atomic E-state index is 0.00522. The summed E-state index contributed by atoms with van der Waals surface area (Å²) in [6.45, 7) is 0.774. The summed E-state index contributed by atoms with van der Waals surface area (Å²) in [5.41, 5.74) is 1.72. The molecule has 19 heavy (non-hydrogen) atoms. The van der Waals surface area contributed by atoms with E-state index in [4.69, 9.17) is 5.11 Å². The largest absolute Gasteiger partial charge is 0.396 e. The summed E-state index contributed by atoms with van der Waals surface area (Å²) in [5.74, 6) is 0.732. The number of unbranched alkanes of at least 4 members (excludes halogenated alkanes) is 3. The third-order valence-electron chi connectivity index (χ3n) is 4.78. The number of aliphatic hydroxyl groups excluding tert-OH is 1. The molecule has 0 aromatic carbocycles. The van der Waals surface area contributed by atoms with Crippen LogP contribution in [0.2, 0.25) is 0 Å². The van der Waals surface area contributed by atoms with E-state index < -0.39 is 0 Å². The summed E-state index contributed by atoms with van der Waals surface area (Å²) in [5, 5.41) is 8.71. The highest BCUT2D eigenvalue weighted by atomic mass is 16.3. The van der Waals surface area contributed by atoms with Gasteiger partial charge in [0.25, 0.3) is 11.8 Å². The minimum Gasteiger partial charge on any atom is -0.396 e. The number of amides is 2. The van der Waals surface area contributed by atoms with Gasteiger partial charge in [0.1, 0.15) is 0 Å². The maximum Gasteiger partial charge on any atom is 0.257 e. The molecular formula is C15H21NO3. The van der Waals surface area contributed by atoms with Crippen molar-refractivity contribution in [2.24, 2.45) is 11.8 Å². The Balaban J connectivity index is 1.58. The van der Waals surface area contributed by atoms with Crippen molar-refractivity contribution in [2.45, 2.75) is 44.9 Å². The number of nitrogens with zero attached hydrogens (tertiary/aromatic N) is 1. The van der Waals surface area contributed by atoms with Crippen molar-refractivity contribution in [1.29, 1.82) is 0 Å². The van der Waals surface area contributed by atoms with Crippen LogP contribution in [0.4, 0.5) is 0 Å². The fourth-order valence-electron chi connectivity index (χ4n) is 3.85. The van der Waals surface area contributed by atoms with Gasteiger partial charge >= 0.3 is 0 Å². The predicted octanol–water partition coefficient (Wildman–Crippen LogP) is 1.63. The standard InChI is InChI=1S/C15H21NO3/c17-8-4-2-1-3-7-16-14(18)12-10-5-6-11(9-10)13(12)15(16)19/h10-11,17H,1-9H2. The molecule has 2 unspecified atom stereocenters. The Morgan fingerprint density at radius 2 is 1.53 bits per heavy atom. The van der Waals surface area contributed by atoms with Crippen LogP contribution >= 0.6 is 0 Å². The van der Waals surface area contributed by atoms with Crippen LogP contribution in [-0.4, -0.2) is 35.0 Å². The van der Waals surface area contributed by atoms with Gasteiger partial charge in [0.2, 0.25) is 0 Å². The van der Waals surface area contributed by atoms with Crippen molar-refractivity contribution >= 4 is 11.8 Å². The van der Waals surface area contributed by atoms with Crippen molar-refractivity contribution in [1.82, 2.24) is 4.90 Å². The molecule has 1 heterocycles. The van der Waals surface area contributed by atoms with Gasteiger partial charge in [0, 0.05) is 24.3 Å². The Bertz CT molecular complexity index is 409. The first-order valence-electron chi connectivity index (χ1n) is 7.45. The highest BCUT2D eigenvalue weighted by Gasteiger charge is 2.51. The number of rotatable bonds is 6. The molecule has 3 aliphatic rings. The molecule has 1 fully saturated rings. The molecular weight excluding hydrogens is 242 g/mol. The van der Waals surface area contributed by atoms with Gasteiger partial charge in [0.15, 0.2) is 0 Å². The second-order valence-corrected chi connectivity index (χ2v) is 5.93. The maximum absolute atomic E-state index is 12.3. The predicted molar refractivity (Wildman–Crippen MR) is 70.1 cm³/mol. The molecule has 1 N–H and O–H groups in total. The van der Waals surface area contributed by atoms with Crippen LogP contribution in [0.15, 0.2) is 11.1 Å². The summed E-state index contributed by atoms with van der Waals surface area (Å²) in [7, 11) is 0. The number of imide groups is 1. The average Bonchev–Trinajstić information content (AvgIpc) is 3.06. The molecule has 2 aliphatic carbocycles. The molecule has 0 spiro atoms. The van der Waals surface area contributed by atoms with Crippen LogP contribution in [0.1, 0.15) is 44.9 Å². The lowest BCUT2D eigenvalue weighted by Gasteiger charge is -2.17. The summed E-state index contributed by atoms with van der Waals surface area (Å²) in [4.78, 5) is 26.1. The molecule has 0 aromatic heterocycles. The molecule has 2 atom stereocenters. The molecule has 1 saturated carbocycles. The van der Waals surface area contributed by atoms with E-state index in [2.05, 4.69) is 0 Å². The van der Waals surface area contributed by atoms with Crippen molar-refractivity contribution in [2.75, 3.05) is 13.2 Å². The van der Waals surface area contributed by atoms with Gasteiger partial charge < -0.3 is 5.11 Å². The molecule has 2 bridgehead atoms. The van der Waals surface area contributed by atoms with Gasteiger partial charge in [-0.05, 0) is 43.9 Å². The van der Waals surface area contributed by atoms with E-state index in [1.807, 2.05) is 0 Å². The van der Waals surface area contributed by atoms with Crippen molar-refractivity contribution < 1.29 is 14.7 Å². The molecule has 0 radical (unpaired) electrons. The summed E-state index contributed by atoms with van der Waals surface area (Å²) in [6.07, 6.45) is 6.81. The van der Waals surface area contributed by atoms with Gasteiger partial charge in [-0.1, -0.05) is 12.8 Å². The molecule has 0 aromatic rings. The van der Waals surface area contributed by atoms with Gasteiger partial charge in [-0.2, -0.15) is 0 Å². The van der Waals surface area contributed by atoms with Crippen LogP contribution in [0.5, 0.6) is 0 Å². The van der Waals surface area contributed by atoms with Crippen molar-refractivity contribution in [3.63, 3.8) is 0 Å². The zero-order valence-corrected chi connectivity index (χ0v) is 11.2. The molecule has 4 nitrogen and oxygen atoms in total. The minimum atomic E-state index is -0.00522. The number of hydrogen-bond donors (Lipinski definition) is 1. The van der Waals surface area contributed by atoms with E-state index in [1.54, 1.807) is 0 Å². The number of fused-ring (bicyclic) bond motifs is 4. The Hall–Kier alpha value is -1.16. The van der Waals surface area contributed by atoms with Crippen LogP contribution in [0.3, 0.4) is 0 Å². The first-order chi connectivity index (χ1) is 9.24. The molecule has 4 heteroatoms. The van der Waals surface area contributed by atoms with Gasteiger partial charge in [-0.25, -0.2) is 0 Å². The lowest BCUT2D eigenvalue weighted by atomic mass is 9.93. The molecule has 2 amide bonds. The Morgan fingerprint density at radius 3 is 2.11 bits per heavy atom. The number of likely N-dealkylation sites (tertiary alicyclic amines) is 1. The van der Waals surface area contributed by atoms with Crippen molar-refractivity contribution in [3.8, 4) is 0 Å². The number of carbonyl (C=O) groups excluding carboxylic acids is 2.